The predicted octanol–water partition coefficient (Wildman–Crippen LogP) is 0.156. The maximum atomic E-state index is 11.0. The molecule has 0 radical (unpaired) electrons. The van der Waals surface area contributed by atoms with Crippen molar-refractivity contribution in [3.63, 3.8) is 0 Å². The number of carbonyl (C=O) groups excluding carboxylic acids is 2. The van der Waals surface area contributed by atoms with Crippen molar-refractivity contribution in [3.05, 3.63) is 23.3 Å². The van der Waals surface area contributed by atoms with Crippen LogP contribution in [-0.2, 0) is 16.0 Å². The van der Waals surface area contributed by atoms with Crippen LogP contribution < -0.4 is 20.5 Å². The van der Waals surface area contributed by atoms with Crippen LogP contribution in [0.4, 0.5) is 0 Å². The molecule has 0 aliphatic carbocycles. The highest BCUT2D eigenvalue weighted by molar-refractivity contribution is 6.34. The van der Waals surface area contributed by atoms with E-state index in [9.17, 15) is 9.59 Å². The Morgan fingerprint density at radius 1 is 1.26 bits per heavy atom. The number of methoxy groups -OCH3 is 2. The van der Waals surface area contributed by atoms with Gasteiger partial charge in [-0.1, -0.05) is 0 Å². The second kappa shape index (κ2) is 6.63. The van der Waals surface area contributed by atoms with Gasteiger partial charge in [-0.25, -0.2) is 0 Å². The zero-order chi connectivity index (χ0) is 14.4. The average molecular weight is 266 g/mol. The van der Waals surface area contributed by atoms with Crippen LogP contribution in [0.2, 0.25) is 0 Å². The maximum absolute atomic E-state index is 11.0. The van der Waals surface area contributed by atoms with Crippen molar-refractivity contribution >= 4 is 11.8 Å². The molecule has 1 rings (SSSR count). The van der Waals surface area contributed by atoms with Crippen molar-refractivity contribution in [2.24, 2.45) is 5.73 Å². The van der Waals surface area contributed by atoms with E-state index in [1.54, 1.807) is 20.3 Å². The second-order valence-corrected chi connectivity index (χ2v) is 4.00. The van der Waals surface area contributed by atoms with Crippen molar-refractivity contribution in [2.45, 2.75) is 13.3 Å². The Labute approximate surface area is 111 Å². The standard InChI is InChI=1S/C13H18N2O4/c1-8-6-9(18-2)7-11(19-3)10(8)4-5-15-13(17)12(14)16/h6-7H,4-5H2,1-3H3,(H2,14,16)(H,15,17). The Hall–Kier alpha value is -2.24. The highest BCUT2D eigenvalue weighted by Crippen LogP contribution is 2.28. The largest absolute Gasteiger partial charge is 0.497 e. The van der Waals surface area contributed by atoms with E-state index < -0.39 is 11.8 Å². The van der Waals surface area contributed by atoms with Crippen molar-refractivity contribution in [1.82, 2.24) is 5.32 Å². The minimum atomic E-state index is -0.988. The van der Waals surface area contributed by atoms with Crippen LogP contribution in [0, 0.1) is 6.92 Å². The third-order valence-corrected chi connectivity index (χ3v) is 2.75. The number of benzene rings is 1. The molecule has 0 saturated carbocycles. The van der Waals surface area contributed by atoms with Gasteiger partial charge < -0.3 is 20.5 Å². The summed E-state index contributed by atoms with van der Waals surface area (Å²) in [5.41, 5.74) is 6.79. The van der Waals surface area contributed by atoms with Crippen LogP contribution in [-0.4, -0.2) is 32.6 Å². The number of nitrogens with two attached hydrogens (primary N) is 1. The summed E-state index contributed by atoms with van der Waals surface area (Å²) in [4.78, 5) is 21.6. The van der Waals surface area contributed by atoms with Gasteiger partial charge in [0.15, 0.2) is 0 Å². The number of rotatable bonds is 5. The number of primary amides is 1. The molecule has 0 bridgehead atoms. The first-order chi connectivity index (χ1) is 8.99. The van der Waals surface area contributed by atoms with Crippen molar-refractivity contribution in [1.29, 1.82) is 0 Å². The van der Waals surface area contributed by atoms with E-state index in [-0.39, 0.29) is 0 Å². The molecule has 0 saturated heterocycles. The van der Waals surface area contributed by atoms with Crippen molar-refractivity contribution in [3.8, 4) is 11.5 Å². The molecule has 104 valence electrons. The molecule has 3 N–H and O–H groups in total. The highest BCUT2D eigenvalue weighted by atomic mass is 16.5. The summed E-state index contributed by atoms with van der Waals surface area (Å²) in [5, 5.41) is 2.44. The van der Waals surface area contributed by atoms with Gasteiger partial charge in [0.1, 0.15) is 11.5 Å². The molecule has 0 unspecified atom stereocenters. The zero-order valence-electron chi connectivity index (χ0n) is 11.3. The normalized spacial score (nSPS) is 9.84. The molecular weight excluding hydrogens is 248 g/mol. The number of nitrogens with one attached hydrogen (secondary N) is 1. The third kappa shape index (κ3) is 3.87. The van der Waals surface area contributed by atoms with Crippen LogP contribution >= 0.6 is 0 Å². The molecule has 0 heterocycles. The number of hydrogen-bond donors (Lipinski definition) is 2. The lowest BCUT2D eigenvalue weighted by Gasteiger charge is -2.13. The van der Waals surface area contributed by atoms with E-state index in [0.29, 0.717) is 24.5 Å². The van der Waals surface area contributed by atoms with Crippen molar-refractivity contribution < 1.29 is 19.1 Å². The first kappa shape index (κ1) is 14.8. The van der Waals surface area contributed by atoms with Gasteiger partial charge >= 0.3 is 11.8 Å². The summed E-state index contributed by atoms with van der Waals surface area (Å²) < 4.78 is 10.4. The molecular formula is C13H18N2O4. The van der Waals surface area contributed by atoms with Gasteiger partial charge in [-0.05, 0) is 30.5 Å². The Kier molecular flexibility index (Phi) is 5.17. The monoisotopic (exact) mass is 266 g/mol. The van der Waals surface area contributed by atoms with Crippen molar-refractivity contribution in [2.75, 3.05) is 20.8 Å². The van der Waals surface area contributed by atoms with E-state index in [1.165, 1.54) is 0 Å². The van der Waals surface area contributed by atoms with E-state index in [4.69, 9.17) is 15.2 Å². The lowest BCUT2D eigenvalue weighted by Crippen LogP contribution is -2.37. The zero-order valence-corrected chi connectivity index (χ0v) is 11.3. The maximum Gasteiger partial charge on any atom is 0.309 e. The Balaban J connectivity index is 2.77. The topological polar surface area (TPSA) is 90.6 Å². The van der Waals surface area contributed by atoms with Gasteiger partial charge in [0.05, 0.1) is 14.2 Å². The van der Waals surface area contributed by atoms with Crippen LogP contribution in [0.1, 0.15) is 11.1 Å². The quantitative estimate of drug-likeness (QED) is 0.743. The minimum Gasteiger partial charge on any atom is -0.497 e. The lowest BCUT2D eigenvalue weighted by molar-refractivity contribution is -0.137. The second-order valence-electron chi connectivity index (χ2n) is 4.00. The van der Waals surface area contributed by atoms with E-state index >= 15 is 0 Å². The van der Waals surface area contributed by atoms with Crippen LogP contribution in [0.3, 0.4) is 0 Å². The molecule has 6 nitrogen and oxygen atoms in total. The van der Waals surface area contributed by atoms with Crippen LogP contribution in [0.15, 0.2) is 12.1 Å². The fraction of sp³-hybridized carbons (Fsp3) is 0.385. The third-order valence-electron chi connectivity index (χ3n) is 2.75. The highest BCUT2D eigenvalue weighted by Gasteiger charge is 2.11. The van der Waals surface area contributed by atoms with Gasteiger partial charge in [-0.15, -0.1) is 0 Å². The molecule has 2 amide bonds. The lowest BCUT2D eigenvalue weighted by atomic mass is 10.0. The molecule has 6 heteroatoms. The number of aryl methyl sites for hydroxylation is 1. The van der Waals surface area contributed by atoms with Gasteiger partial charge in [0.25, 0.3) is 0 Å². The van der Waals surface area contributed by atoms with E-state index in [1.807, 2.05) is 13.0 Å². The van der Waals surface area contributed by atoms with Gasteiger partial charge in [-0.2, -0.15) is 0 Å². The number of ether oxygens (including phenoxy) is 2. The number of amides is 2. The first-order valence-corrected chi connectivity index (χ1v) is 5.78. The van der Waals surface area contributed by atoms with Gasteiger partial charge in [0, 0.05) is 12.6 Å². The summed E-state index contributed by atoms with van der Waals surface area (Å²) >= 11 is 0. The van der Waals surface area contributed by atoms with Crippen LogP contribution in [0.25, 0.3) is 0 Å². The molecule has 0 aromatic heterocycles. The smallest absolute Gasteiger partial charge is 0.309 e. The summed E-state index contributed by atoms with van der Waals surface area (Å²) in [6, 6.07) is 3.66. The first-order valence-electron chi connectivity index (χ1n) is 5.78. The Bertz CT molecular complexity index is 486. The predicted molar refractivity (Wildman–Crippen MR) is 70.2 cm³/mol. The Morgan fingerprint density at radius 2 is 1.95 bits per heavy atom. The number of hydrogen-bond acceptors (Lipinski definition) is 4. The minimum absolute atomic E-state index is 0.311. The summed E-state index contributed by atoms with van der Waals surface area (Å²) in [6.45, 7) is 2.24. The molecule has 19 heavy (non-hydrogen) atoms. The average Bonchev–Trinajstić information content (AvgIpc) is 2.39. The summed E-state index contributed by atoms with van der Waals surface area (Å²) in [6.07, 6.45) is 0.540. The molecule has 0 atom stereocenters. The Morgan fingerprint density at radius 3 is 2.47 bits per heavy atom. The SMILES string of the molecule is COc1cc(C)c(CCNC(=O)C(N)=O)c(OC)c1. The van der Waals surface area contributed by atoms with Crippen LogP contribution in [0.5, 0.6) is 11.5 Å². The fourth-order valence-corrected chi connectivity index (χ4v) is 1.76. The van der Waals surface area contributed by atoms with E-state index in [0.717, 1.165) is 11.1 Å². The van der Waals surface area contributed by atoms with E-state index in [2.05, 4.69) is 5.32 Å². The molecule has 1 aromatic rings. The summed E-state index contributed by atoms with van der Waals surface area (Å²) in [7, 11) is 3.15. The molecule has 1 aromatic carbocycles. The van der Waals surface area contributed by atoms with Gasteiger partial charge in [0.2, 0.25) is 0 Å². The fourth-order valence-electron chi connectivity index (χ4n) is 1.76. The summed E-state index contributed by atoms with van der Waals surface area (Å²) in [5.74, 6) is -0.381. The molecule has 0 spiro atoms. The molecule has 0 aliphatic rings. The molecule has 0 aliphatic heterocycles. The molecule has 0 fully saturated rings. The number of carbonyl (C=O) groups is 2. The van der Waals surface area contributed by atoms with Gasteiger partial charge in [-0.3, -0.25) is 9.59 Å².